The van der Waals surface area contributed by atoms with Gasteiger partial charge in [-0.1, -0.05) is 46.8 Å². The normalized spacial score (nSPS) is 12.1. The molecule has 1 aromatic carbocycles. The summed E-state index contributed by atoms with van der Waals surface area (Å²) < 4.78 is 36.6. The topological polar surface area (TPSA) is 66.9 Å². The second-order valence-electron chi connectivity index (χ2n) is 9.68. The molecule has 0 unspecified atom stereocenters. The number of rotatable bonds is 8. The van der Waals surface area contributed by atoms with Crippen LogP contribution in [0.4, 0.5) is 9.18 Å². The molecule has 0 N–H and O–H groups in total. The van der Waals surface area contributed by atoms with Gasteiger partial charge in [0, 0.05) is 5.56 Å². The van der Waals surface area contributed by atoms with Crippen molar-refractivity contribution >= 4 is 14.5 Å². The number of hydrogen-bond donors (Lipinski definition) is 0. The molecule has 8 heteroatoms. The van der Waals surface area contributed by atoms with E-state index in [-0.39, 0.29) is 35.7 Å². The minimum Gasteiger partial charge on any atom is -0.481 e. The van der Waals surface area contributed by atoms with Crippen LogP contribution in [0, 0.1) is 5.82 Å². The molecular formula is C25H36FNO5Si. The second-order valence-corrected chi connectivity index (χ2v) is 14.5. The summed E-state index contributed by atoms with van der Waals surface area (Å²) in [5.74, 6) is 0.200. The molecule has 1 aromatic heterocycles. The van der Waals surface area contributed by atoms with E-state index in [9.17, 15) is 9.18 Å². The minimum atomic E-state index is -2.13. The second kappa shape index (κ2) is 10.7. The summed E-state index contributed by atoms with van der Waals surface area (Å²) in [5, 5.41) is -0.00810. The summed E-state index contributed by atoms with van der Waals surface area (Å²) in [6.07, 6.45) is -0.828. The molecular weight excluding hydrogens is 441 g/mol. The number of ether oxygens (including phenoxy) is 3. The quantitative estimate of drug-likeness (QED) is 0.299. The maximum Gasteiger partial charge on any atom is 0.513 e. The summed E-state index contributed by atoms with van der Waals surface area (Å²) in [6.45, 7) is 16.8. The Morgan fingerprint density at radius 1 is 1.15 bits per heavy atom. The molecule has 6 nitrogen and oxygen atoms in total. The smallest absolute Gasteiger partial charge is 0.481 e. The average Bonchev–Trinajstić information content (AvgIpc) is 2.72. The third-order valence-corrected chi connectivity index (χ3v) is 10.4. The standard InChI is InChI=1S/C25H36FNO5Si/c1-10-30-24(28)32-22-20(17-11-13-18(26)14-12-17)19(15-31-33(8,9)25(4,5)6)23(29-7)27-21(22)16(2)3/h11-14,16H,10,15H2,1-9H3. The Bertz CT molecular complexity index is 968. The Labute approximate surface area is 197 Å². The van der Waals surface area contributed by atoms with E-state index in [1.807, 2.05) is 13.8 Å². The van der Waals surface area contributed by atoms with Crippen molar-refractivity contribution in [2.24, 2.45) is 0 Å². The molecule has 0 radical (unpaired) electrons. The first-order valence-electron chi connectivity index (χ1n) is 11.2. The lowest BCUT2D eigenvalue weighted by atomic mass is 9.96. The minimum absolute atomic E-state index is 0.00810. The van der Waals surface area contributed by atoms with Crippen LogP contribution in [0.1, 0.15) is 58.7 Å². The third kappa shape index (κ3) is 6.32. The number of benzene rings is 1. The molecule has 1 heterocycles. The fourth-order valence-corrected chi connectivity index (χ4v) is 3.96. The average molecular weight is 478 g/mol. The summed E-state index contributed by atoms with van der Waals surface area (Å²) in [7, 11) is -0.585. The van der Waals surface area contributed by atoms with Crippen molar-refractivity contribution in [1.29, 1.82) is 0 Å². The SMILES string of the molecule is CCOC(=O)Oc1c(C(C)C)nc(OC)c(CO[Si](C)(C)C(C)(C)C)c1-c1ccc(F)cc1. The number of carbonyl (C=O) groups excluding carboxylic acids is 1. The van der Waals surface area contributed by atoms with Crippen LogP contribution in [-0.2, 0) is 15.8 Å². The van der Waals surface area contributed by atoms with Crippen molar-refractivity contribution in [3.05, 3.63) is 41.3 Å². The fourth-order valence-electron chi connectivity index (χ4n) is 3.02. The zero-order valence-electron chi connectivity index (χ0n) is 21.2. The Morgan fingerprint density at radius 2 is 1.76 bits per heavy atom. The van der Waals surface area contributed by atoms with E-state index in [0.717, 1.165) is 0 Å². The highest BCUT2D eigenvalue weighted by Crippen LogP contribution is 2.44. The predicted molar refractivity (Wildman–Crippen MR) is 130 cm³/mol. The van der Waals surface area contributed by atoms with E-state index < -0.39 is 14.5 Å². The van der Waals surface area contributed by atoms with Gasteiger partial charge in [-0.15, -0.1) is 0 Å². The molecule has 0 saturated carbocycles. The van der Waals surface area contributed by atoms with E-state index in [0.29, 0.717) is 28.3 Å². The van der Waals surface area contributed by atoms with Gasteiger partial charge >= 0.3 is 6.16 Å². The monoisotopic (exact) mass is 477 g/mol. The molecule has 0 saturated heterocycles. The zero-order valence-corrected chi connectivity index (χ0v) is 22.2. The van der Waals surface area contributed by atoms with E-state index in [1.165, 1.54) is 12.1 Å². The van der Waals surface area contributed by atoms with E-state index in [4.69, 9.17) is 18.6 Å². The molecule has 182 valence electrons. The van der Waals surface area contributed by atoms with Crippen LogP contribution in [0.5, 0.6) is 11.6 Å². The van der Waals surface area contributed by atoms with Crippen molar-refractivity contribution in [2.75, 3.05) is 13.7 Å². The lowest BCUT2D eigenvalue weighted by molar-refractivity contribution is 0.103. The Balaban J connectivity index is 2.79. The highest BCUT2D eigenvalue weighted by molar-refractivity contribution is 6.74. The summed E-state index contributed by atoms with van der Waals surface area (Å²) >= 11 is 0. The van der Waals surface area contributed by atoms with Crippen molar-refractivity contribution in [3.63, 3.8) is 0 Å². The first-order valence-corrected chi connectivity index (χ1v) is 14.1. The van der Waals surface area contributed by atoms with Gasteiger partial charge in [0.15, 0.2) is 14.1 Å². The number of halogens is 1. The summed E-state index contributed by atoms with van der Waals surface area (Å²) in [6, 6.07) is 6.01. The van der Waals surface area contributed by atoms with Crippen LogP contribution in [0.3, 0.4) is 0 Å². The molecule has 0 aliphatic rings. The van der Waals surface area contributed by atoms with Gasteiger partial charge in [-0.05, 0) is 48.7 Å². The van der Waals surface area contributed by atoms with Crippen LogP contribution < -0.4 is 9.47 Å². The Morgan fingerprint density at radius 3 is 2.24 bits per heavy atom. The molecule has 0 fully saturated rings. The van der Waals surface area contributed by atoms with Gasteiger partial charge in [0.05, 0.1) is 31.6 Å². The largest absolute Gasteiger partial charge is 0.513 e. The van der Waals surface area contributed by atoms with Crippen LogP contribution in [0.2, 0.25) is 18.1 Å². The van der Waals surface area contributed by atoms with Crippen LogP contribution in [0.15, 0.2) is 24.3 Å². The number of carbonyl (C=O) groups is 1. The van der Waals surface area contributed by atoms with Crippen molar-refractivity contribution in [1.82, 2.24) is 4.98 Å². The summed E-state index contributed by atoms with van der Waals surface area (Å²) in [5.41, 5.74) is 2.41. The van der Waals surface area contributed by atoms with Gasteiger partial charge in [0.2, 0.25) is 5.88 Å². The Hall–Kier alpha value is -2.45. The van der Waals surface area contributed by atoms with Gasteiger partial charge in [-0.3, -0.25) is 0 Å². The number of pyridine rings is 1. The predicted octanol–water partition coefficient (Wildman–Crippen LogP) is 7.08. The summed E-state index contributed by atoms with van der Waals surface area (Å²) in [4.78, 5) is 17.0. The maximum atomic E-state index is 13.7. The molecule has 2 rings (SSSR count). The van der Waals surface area contributed by atoms with Crippen LogP contribution in [0.25, 0.3) is 11.1 Å². The molecule has 0 aliphatic carbocycles. The van der Waals surface area contributed by atoms with E-state index >= 15 is 0 Å². The van der Waals surface area contributed by atoms with Crippen LogP contribution in [-0.4, -0.2) is 33.2 Å². The Kier molecular flexibility index (Phi) is 8.65. The number of aromatic nitrogens is 1. The maximum absolute atomic E-state index is 13.7. The zero-order chi connectivity index (χ0) is 25.0. The molecule has 0 bridgehead atoms. The van der Waals surface area contributed by atoms with Gasteiger partial charge in [0.1, 0.15) is 5.82 Å². The lowest BCUT2D eigenvalue weighted by Gasteiger charge is -2.36. The van der Waals surface area contributed by atoms with Gasteiger partial charge in [0.25, 0.3) is 0 Å². The molecule has 0 amide bonds. The molecule has 0 aliphatic heterocycles. The van der Waals surface area contributed by atoms with Crippen molar-refractivity contribution < 1.29 is 27.8 Å². The van der Waals surface area contributed by atoms with Gasteiger partial charge < -0.3 is 18.6 Å². The molecule has 2 aromatic rings. The molecule has 0 atom stereocenters. The molecule has 33 heavy (non-hydrogen) atoms. The number of hydrogen-bond acceptors (Lipinski definition) is 6. The van der Waals surface area contributed by atoms with Crippen molar-refractivity contribution in [3.8, 4) is 22.8 Å². The van der Waals surface area contributed by atoms with Gasteiger partial charge in [-0.2, -0.15) is 0 Å². The van der Waals surface area contributed by atoms with Gasteiger partial charge in [-0.25, -0.2) is 14.2 Å². The number of methoxy groups -OCH3 is 1. The third-order valence-electron chi connectivity index (χ3n) is 5.95. The highest BCUT2D eigenvalue weighted by atomic mass is 28.4. The fraction of sp³-hybridized carbons (Fsp3) is 0.520. The lowest BCUT2D eigenvalue weighted by Crippen LogP contribution is -2.40. The first-order chi connectivity index (χ1) is 15.3. The van der Waals surface area contributed by atoms with Crippen molar-refractivity contribution in [2.45, 2.75) is 72.2 Å². The van der Waals surface area contributed by atoms with E-state index in [2.05, 4.69) is 38.8 Å². The van der Waals surface area contributed by atoms with Crippen LogP contribution >= 0.6 is 0 Å². The first kappa shape index (κ1) is 26.8. The number of nitrogens with zero attached hydrogens (tertiary/aromatic N) is 1. The molecule has 0 spiro atoms. The highest BCUT2D eigenvalue weighted by Gasteiger charge is 2.38. The van der Waals surface area contributed by atoms with E-state index in [1.54, 1.807) is 26.2 Å².